The Labute approximate surface area is 140 Å². The Morgan fingerprint density at radius 1 is 1.17 bits per heavy atom. The average molecular weight is 345 g/mol. The molecule has 0 saturated heterocycles. The van der Waals surface area contributed by atoms with E-state index in [0.29, 0.717) is 10.6 Å². The molecule has 0 radical (unpaired) electrons. The minimum Gasteiger partial charge on any atom is -0.403 e. The molecular formula is C15H9ClN4O4. The third-order valence-electron chi connectivity index (χ3n) is 3.06. The van der Waals surface area contributed by atoms with Crippen molar-refractivity contribution in [1.29, 1.82) is 0 Å². The Hall–Kier alpha value is -3.26. The molecule has 0 fully saturated rings. The molecule has 0 aliphatic heterocycles. The molecule has 3 rings (SSSR count). The number of hydrogen-bond donors (Lipinski definition) is 1. The highest BCUT2D eigenvalue weighted by molar-refractivity contribution is 6.30. The number of halogens is 1. The fourth-order valence-corrected chi connectivity index (χ4v) is 2.11. The maximum absolute atomic E-state index is 12.1. The number of hydrogen-bond acceptors (Lipinski definition) is 6. The van der Waals surface area contributed by atoms with Crippen molar-refractivity contribution in [2.45, 2.75) is 0 Å². The highest BCUT2D eigenvalue weighted by atomic mass is 35.5. The second-order valence-electron chi connectivity index (χ2n) is 4.68. The molecule has 24 heavy (non-hydrogen) atoms. The number of carbonyl (C=O) groups is 1. The molecule has 0 bridgehead atoms. The van der Waals surface area contributed by atoms with Crippen LogP contribution in [0.15, 0.2) is 52.9 Å². The number of anilines is 1. The molecule has 1 heterocycles. The van der Waals surface area contributed by atoms with Crippen LogP contribution in [0.2, 0.25) is 5.02 Å². The number of nitrogens with one attached hydrogen (secondary N) is 1. The maximum Gasteiger partial charge on any atom is 0.322 e. The van der Waals surface area contributed by atoms with Gasteiger partial charge in [-0.3, -0.25) is 20.2 Å². The van der Waals surface area contributed by atoms with E-state index >= 15 is 0 Å². The first-order chi connectivity index (χ1) is 11.5. The molecule has 1 aromatic heterocycles. The second-order valence-corrected chi connectivity index (χ2v) is 5.12. The highest BCUT2D eigenvalue weighted by Crippen LogP contribution is 2.23. The summed E-state index contributed by atoms with van der Waals surface area (Å²) in [5, 5.41) is 21.1. The zero-order valence-corrected chi connectivity index (χ0v) is 12.7. The van der Waals surface area contributed by atoms with Crippen molar-refractivity contribution in [2.75, 3.05) is 5.32 Å². The Bertz CT molecular complexity index is 908. The monoisotopic (exact) mass is 344 g/mol. The van der Waals surface area contributed by atoms with E-state index in [1.807, 2.05) is 0 Å². The van der Waals surface area contributed by atoms with Crippen molar-refractivity contribution in [1.82, 2.24) is 10.2 Å². The average Bonchev–Trinajstić information content (AvgIpc) is 3.03. The summed E-state index contributed by atoms with van der Waals surface area (Å²) in [4.78, 5) is 22.1. The highest BCUT2D eigenvalue weighted by Gasteiger charge is 2.14. The van der Waals surface area contributed by atoms with E-state index in [4.69, 9.17) is 16.0 Å². The van der Waals surface area contributed by atoms with E-state index in [-0.39, 0.29) is 23.2 Å². The molecule has 8 nitrogen and oxygen atoms in total. The summed E-state index contributed by atoms with van der Waals surface area (Å²) in [6, 6.07) is 11.9. The van der Waals surface area contributed by atoms with Crippen LogP contribution in [0.1, 0.15) is 10.4 Å². The zero-order chi connectivity index (χ0) is 17.1. The van der Waals surface area contributed by atoms with Gasteiger partial charge in [0.15, 0.2) is 0 Å². The van der Waals surface area contributed by atoms with Crippen molar-refractivity contribution in [3.63, 3.8) is 0 Å². The van der Waals surface area contributed by atoms with Gasteiger partial charge >= 0.3 is 6.01 Å². The third kappa shape index (κ3) is 3.39. The topological polar surface area (TPSA) is 111 Å². The van der Waals surface area contributed by atoms with Crippen molar-refractivity contribution in [3.8, 4) is 11.5 Å². The Kier molecular flexibility index (Phi) is 4.21. The number of nitro benzene ring substituents is 1. The smallest absolute Gasteiger partial charge is 0.322 e. The van der Waals surface area contributed by atoms with Gasteiger partial charge in [-0.1, -0.05) is 22.8 Å². The minimum atomic E-state index is -0.545. The first kappa shape index (κ1) is 15.6. The Balaban J connectivity index is 1.74. The molecule has 1 N–H and O–H groups in total. The fourth-order valence-electron chi connectivity index (χ4n) is 1.92. The van der Waals surface area contributed by atoms with E-state index in [1.54, 1.807) is 24.3 Å². The summed E-state index contributed by atoms with van der Waals surface area (Å²) in [7, 11) is 0. The molecule has 120 valence electrons. The number of non-ortho nitro benzene ring substituents is 1. The number of aromatic nitrogens is 2. The second kappa shape index (κ2) is 6.47. The predicted octanol–water partition coefficient (Wildman–Crippen LogP) is 3.55. The van der Waals surface area contributed by atoms with Crippen LogP contribution in [0.25, 0.3) is 11.5 Å². The lowest BCUT2D eigenvalue weighted by molar-refractivity contribution is -0.384. The maximum atomic E-state index is 12.1. The molecular weight excluding hydrogens is 336 g/mol. The number of benzene rings is 2. The summed E-state index contributed by atoms with van der Waals surface area (Å²) < 4.78 is 5.36. The van der Waals surface area contributed by atoms with Gasteiger partial charge in [0.2, 0.25) is 5.89 Å². The van der Waals surface area contributed by atoms with Crippen LogP contribution in [0.5, 0.6) is 0 Å². The van der Waals surface area contributed by atoms with E-state index in [0.717, 1.165) is 0 Å². The van der Waals surface area contributed by atoms with E-state index in [1.165, 1.54) is 24.3 Å². The molecule has 0 atom stereocenters. The van der Waals surface area contributed by atoms with Crippen LogP contribution < -0.4 is 5.32 Å². The van der Waals surface area contributed by atoms with E-state index in [2.05, 4.69) is 15.5 Å². The SMILES string of the molecule is O=C(Nc1nnc(-c2cccc(Cl)c2)o1)c1ccc([N+](=O)[O-])cc1. The van der Waals surface area contributed by atoms with Gasteiger partial charge in [-0.05, 0) is 30.3 Å². The largest absolute Gasteiger partial charge is 0.403 e. The van der Waals surface area contributed by atoms with Gasteiger partial charge < -0.3 is 4.42 Å². The normalized spacial score (nSPS) is 10.4. The van der Waals surface area contributed by atoms with E-state index in [9.17, 15) is 14.9 Å². The van der Waals surface area contributed by atoms with Crippen molar-refractivity contribution < 1.29 is 14.1 Å². The first-order valence-corrected chi connectivity index (χ1v) is 7.06. The fraction of sp³-hybridized carbons (Fsp3) is 0. The number of carbonyl (C=O) groups excluding carboxylic acids is 1. The molecule has 1 amide bonds. The summed E-state index contributed by atoms with van der Waals surface area (Å²) in [5.74, 6) is -0.317. The third-order valence-corrected chi connectivity index (χ3v) is 3.29. The van der Waals surface area contributed by atoms with E-state index < -0.39 is 10.8 Å². The number of rotatable bonds is 4. The molecule has 2 aromatic carbocycles. The summed E-state index contributed by atoms with van der Waals surface area (Å²) >= 11 is 5.89. The van der Waals surface area contributed by atoms with Crippen LogP contribution in [-0.2, 0) is 0 Å². The Morgan fingerprint density at radius 2 is 1.92 bits per heavy atom. The predicted molar refractivity (Wildman–Crippen MR) is 85.8 cm³/mol. The lowest BCUT2D eigenvalue weighted by Crippen LogP contribution is -2.12. The van der Waals surface area contributed by atoms with Crippen LogP contribution in [-0.4, -0.2) is 21.0 Å². The van der Waals surface area contributed by atoms with Crippen molar-refractivity contribution in [2.24, 2.45) is 0 Å². The summed E-state index contributed by atoms with van der Waals surface area (Å²) in [6.07, 6.45) is 0. The van der Waals surface area contributed by atoms with Gasteiger partial charge in [-0.25, -0.2) is 0 Å². The van der Waals surface area contributed by atoms with Gasteiger partial charge in [0.1, 0.15) is 0 Å². The van der Waals surface area contributed by atoms with Crippen LogP contribution in [0, 0.1) is 10.1 Å². The quantitative estimate of drug-likeness (QED) is 0.572. The van der Waals surface area contributed by atoms with Gasteiger partial charge in [-0.15, -0.1) is 5.10 Å². The number of nitro groups is 1. The molecule has 0 spiro atoms. The van der Waals surface area contributed by atoms with Gasteiger partial charge in [0.25, 0.3) is 11.6 Å². The molecule has 0 aliphatic rings. The number of nitrogens with zero attached hydrogens (tertiary/aromatic N) is 3. The summed E-state index contributed by atoms with van der Waals surface area (Å²) in [6.45, 7) is 0. The van der Waals surface area contributed by atoms with Gasteiger partial charge in [0.05, 0.1) is 4.92 Å². The first-order valence-electron chi connectivity index (χ1n) is 6.68. The van der Waals surface area contributed by atoms with Gasteiger partial charge in [0, 0.05) is 28.3 Å². The van der Waals surface area contributed by atoms with Crippen molar-refractivity contribution in [3.05, 3.63) is 69.2 Å². The zero-order valence-electron chi connectivity index (χ0n) is 12.0. The van der Waals surface area contributed by atoms with Crippen LogP contribution in [0.3, 0.4) is 0 Å². The summed E-state index contributed by atoms with van der Waals surface area (Å²) in [5.41, 5.74) is 0.738. The standard InChI is InChI=1S/C15H9ClN4O4/c16-11-3-1-2-10(8-11)14-18-19-15(24-14)17-13(21)9-4-6-12(7-5-9)20(22)23/h1-8H,(H,17,19,21). The lowest BCUT2D eigenvalue weighted by Gasteiger charge is -2.00. The minimum absolute atomic E-state index is 0.0895. The van der Waals surface area contributed by atoms with Crippen LogP contribution >= 0.6 is 11.6 Å². The molecule has 0 aliphatic carbocycles. The molecule has 3 aromatic rings. The lowest BCUT2D eigenvalue weighted by atomic mass is 10.2. The van der Waals surface area contributed by atoms with Crippen LogP contribution in [0.4, 0.5) is 11.7 Å². The Morgan fingerprint density at radius 3 is 2.58 bits per heavy atom. The van der Waals surface area contributed by atoms with Crippen molar-refractivity contribution >= 4 is 29.2 Å². The molecule has 9 heteroatoms. The molecule has 0 unspecified atom stereocenters. The number of amides is 1. The molecule has 0 saturated carbocycles. The van der Waals surface area contributed by atoms with Gasteiger partial charge in [-0.2, -0.15) is 0 Å².